The maximum absolute atomic E-state index is 12.5. The van der Waals surface area contributed by atoms with Gasteiger partial charge in [-0.3, -0.25) is 0 Å². The minimum absolute atomic E-state index is 0.0179. The first kappa shape index (κ1) is 20.1. The molecule has 0 unspecified atom stereocenters. The summed E-state index contributed by atoms with van der Waals surface area (Å²) in [4.78, 5) is 4.35. The molecule has 0 atom stereocenters. The Bertz CT molecular complexity index is 1220. The maximum Gasteiger partial charge on any atom is 0.242 e. The molecule has 0 fully saturated rings. The predicted octanol–water partition coefficient (Wildman–Crippen LogP) is 4.94. The molecule has 3 aromatic carbocycles. The Morgan fingerprint density at radius 3 is 2.30 bits per heavy atom. The standard InChI is InChI=1S/C22H17ClN2O4S/c23-18-8-12-20(13-9-18)30(26,27)15-21-24-22(25-29-21)17-6-10-19(11-7-17)28-14-16-4-2-1-3-5-16/h1-13H,14-15H2. The molecule has 0 bridgehead atoms. The van der Waals surface area contributed by atoms with Crippen LogP contribution in [0.15, 0.2) is 88.3 Å². The van der Waals surface area contributed by atoms with Crippen molar-refractivity contribution in [3.05, 3.63) is 95.3 Å². The van der Waals surface area contributed by atoms with Crippen molar-refractivity contribution in [3.63, 3.8) is 0 Å². The third-order valence-electron chi connectivity index (χ3n) is 4.32. The molecule has 4 rings (SSSR count). The van der Waals surface area contributed by atoms with E-state index in [1.807, 2.05) is 30.3 Å². The van der Waals surface area contributed by atoms with Crippen LogP contribution in [0.2, 0.25) is 5.02 Å². The molecule has 4 aromatic rings. The van der Waals surface area contributed by atoms with E-state index in [9.17, 15) is 8.42 Å². The van der Waals surface area contributed by atoms with Crippen molar-refractivity contribution < 1.29 is 17.7 Å². The molecule has 0 aliphatic carbocycles. The van der Waals surface area contributed by atoms with Crippen molar-refractivity contribution in [1.82, 2.24) is 10.1 Å². The molecular formula is C22H17ClN2O4S. The first-order chi connectivity index (χ1) is 14.5. The van der Waals surface area contributed by atoms with E-state index in [0.717, 1.165) is 5.56 Å². The van der Waals surface area contributed by atoms with Crippen LogP contribution in [0.4, 0.5) is 0 Å². The smallest absolute Gasteiger partial charge is 0.242 e. The van der Waals surface area contributed by atoms with Crippen LogP contribution in [0.5, 0.6) is 5.75 Å². The molecule has 0 saturated carbocycles. The summed E-state index contributed by atoms with van der Waals surface area (Å²) >= 11 is 5.81. The van der Waals surface area contributed by atoms with Gasteiger partial charge in [0.05, 0.1) is 4.90 Å². The molecule has 152 valence electrons. The highest BCUT2D eigenvalue weighted by molar-refractivity contribution is 7.90. The third kappa shape index (κ3) is 4.87. The van der Waals surface area contributed by atoms with Crippen molar-refractivity contribution >= 4 is 21.4 Å². The van der Waals surface area contributed by atoms with E-state index in [1.165, 1.54) is 24.3 Å². The summed E-state index contributed by atoms with van der Waals surface area (Å²) in [6.45, 7) is 0.467. The van der Waals surface area contributed by atoms with Crippen LogP contribution < -0.4 is 4.74 Å². The number of benzene rings is 3. The minimum atomic E-state index is -3.61. The zero-order valence-electron chi connectivity index (χ0n) is 15.7. The van der Waals surface area contributed by atoms with Gasteiger partial charge in [0.15, 0.2) is 9.84 Å². The van der Waals surface area contributed by atoms with Gasteiger partial charge < -0.3 is 9.26 Å². The van der Waals surface area contributed by atoms with E-state index in [-0.39, 0.29) is 16.5 Å². The average molecular weight is 441 g/mol. The molecule has 0 amide bonds. The summed E-state index contributed by atoms with van der Waals surface area (Å²) in [6, 6.07) is 23.0. The highest BCUT2D eigenvalue weighted by atomic mass is 35.5. The Hall–Kier alpha value is -3.16. The molecule has 30 heavy (non-hydrogen) atoms. The molecule has 0 spiro atoms. The van der Waals surface area contributed by atoms with Crippen molar-refractivity contribution in [2.45, 2.75) is 17.3 Å². The van der Waals surface area contributed by atoms with Crippen molar-refractivity contribution in [1.29, 1.82) is 0 Å². The zero-order chi connectivity index (χ0) is 21.0. The number of hydrogen-bond donors (Lipinski definition) is 0. The molecule has 6 nitrogen and oxygen atoms in total. The van der Waals surface area contributed by atoms with Crippen LogP contribution in [0, 0.1) is 0 Å². The predicted molar refractivity (Wildman–Crippen MR) is 113 cm³/mol. The summed E-state index contributed by atoms with van der Waals surface area (Å²) < 4.78 is 35.9. The Kier molecular flexibility index (Phi) is 5.83. The van der Waals surface area contributed by atoms with E-state index in [4.69, 9.17) is 20.9 Å². The Morgan fingerprint density at radius 1 is 0.900 bits per heavy atom. The van der Waals surface area contributed by atoms with Gasteiger partial charge in [-0.2, -0.15) is 4.98 Å². The van der Waals surface area contributed by atoms with Gasteiger partial charge >= 0.3 is 0 Å². The number of halogens is 1. The van der Waals surface area contributed by atoms with E-state index >= 15 is 0 Å². The molecule has 0 radical (unpaired) electrons. The van der Waals surface area contributed by atoms with Crippen LogP contribution in [0.3, 0.4) is 0 Å². The minimum Gasteiger partial charge on any atom is -0.489 e. The quantitative estimate of drug-likeness (QED) is 0.404. The number of ether oxygens (including phenoxy) is 1. The fourth-order valence-electron chi connectivity index (χ4n) is 2.76. The molecule has 8 heteroatoms. The SMILES string of the molecule is O=S(=O)(Cc1nc(-c2ccc(OCc3ccccc3)cc2)no1)c1ccc(Cl)cc1. The lowest BCUT2D eigenvalue weighted by molar-refractivity contribution is 0.306. The summed E-state index contributed by atoms with van der Waals surface area (Å²) in [5.41, 5.74) is 1.77. The number of hydrogen-bond acceptors (Lipinski definition) is 6. The largest absolute Gasteiger partial charge is 0.489 e. The Balaban J connectivity index is 1.42. The second-order valence-corrected chi connectivity index (χ2v) is 8.95. The fourth-order valence-corrected chi connectivity index (χ4v) is 4.05. The average Bonchev–Trinajstić information content (AvgIpc) is 3.21. The topological polar surface area (TPSA) is 82.3 Å². The summed E-state index contributed by atoms with van der Waals surface area (Å²) in [5, 5.41) is 4.35. The van der Waals surface area contributed by atoms with E-state index < -0.39 is 9.84 Å². The maximum atomic E-state index is 12.5. The van der Waals surface area contributed by atoms with Gasteiger partial charge in [0.2, 0.25) is 11.7 Å². The van der Waals surface area contributed by atoms with Crippen LogP contribution >= 0.6 is 11.6 Å². The number of aromatic nitrogens is 2. The molecule has 1 aromatic heterocycles. The van der Waals surface area contributed by atoms with Crippen LogP contribution in [0.1, 0.15) is 11.5 Å². The lowest BCUT2D eigenvalue weighted by Gasteiger charge is -2.06. The van der Waals surface area contributed by atoms with Gasteiger partial charge in [0.25, 0.3) is 0 Å². The normalized spacial score (nSPS) is 11.4. The number of sulfone groups is 1. The van der Waals surface area contributed by atoms with Gasteiger partial charge in [0, 0.05) is 10.6 Å². The van der Waals surface area contributed by atoms with Gasteiger partial charge in [-0.25, -0.2) is 8.42 Å². The van der Waals surface area contributed by atoms with Crippen molar-refractivity contribution in [2.24, 2.45) is 0 Å². The number of nitrogens with zero attached hydrogens (tertiary/aromatic N) is 2. The Labute approximate surface area is 179 Å². The van der Waals surface area contributed by atoms with Gasteiger partial charge in [0.1, 0.15) is 18.1 Å². The second-order valence-electron chi connectivity index (χ2n) is 6.52. The molecule has 0 saturated heterocycles. The van der Waals surface area contributed by atoms with Crippen LogP contribution in [0.25, 0.3) is 11.4 Å². The third-order valence-corrected chi connectivity index (χ3v) is 6.18. The van der Waals surface area contributed by atoms with E-state index in [0.29, 0.717) is 28.8 Å². The van der Waals surface area contributed by atoms with Crippen LogP contribution in [-0.4, -0.2) is 18.6 Å². The van der Waals surface area contributed by atoms with Crippen molar-refractivity contribution in [3.8, 4) is 17.1 Å². The van der Waals surface area contributed by atoms with Gasteiger partial charge in [-0.1, -0.05) is 47.1 Å². The highest BCUT2D eigenvalue weighted by Crippen LogP contribution is 2.23. The Morgan fingerprint density at radius 2 is 1.60 bits per heavy atom. The van der Waals surface area contributed by atoms with E-state index in [1.54, 1.807) is 24.3 Å². The van der Waals surface area contributed by atoms with Crippen molar-refractivity contribution in [2.75, 3.05) is 0 Å². The van der Waals surface area contributed by atoms with E-state index in [2.05, 4.69) is 10.1 Å². The zero-order valence-corrected chi connectivity index (χ0v) is 17.3. The highest BCUT2D eigenvalue weighted by Gasteiger charge is 2.20. The molecular weight excluding hydrogens is 424 g/mol. The monoisotopic (exact) mass is 440 g/mol. The molecule has 0 aliphatic heterocycles. The lowest BCUT2D eigenvalue weighted by atomic mass is 10.2. The fraction of sp³-hybridized carbons (Fsp3) is 0.0909. The summed E-state index contributed by atoms with van der Waals surface area (Å²) in [7, 11) is -3.61. The summed E-state index contributed by atoms with van der Waals surface area (Å²) in [5.74, 6) is 0.645. The first-order valence-electron chi connectivity index (χ1n) is 9.08. The molecule has 0 aliphatic rings. The molecule has 1 heterocycles. The second kappa shape index (κ2) is 8.69. The van der Waals surface area contributed by atoms with Gasteiger partial charge in [-0.05, 0) is 54.1 Å². The van der Waals surface area contributed by atoms with Crippen LogP contribution in [-0.2, 0) is 22.2 Å². The summed E-state index contributed by atoms with van der Waals surface area (Å²) in [6.07, 6.45) is 0. The lowest BCUT2D eigenvalue weighted by Crippen LogP contribution is -2.05. The molecule has 0 N–H and O–H groups in total. The first-order valence-corrected chi connectivity index (χ1v) is 11.1. The van der Waals surface area contributed by atoms with Gasteiger partial charge in [-0.15, -0.1) is 0 Å². The number of rotatable bonds is 7.